The molecule has 7 rings (SSSR count). The van der Waals surface area contributed by atoms with Crippen LogP contribution in [0.5, 0.6) is 5.88 Å². The third-order valence-electron chi connectivity index (χ3n) is 8.83. The molecule has 1 aliphatic rings. The van der Waals surface area contributed by atoms with Gasteiger partial charge in [-0.15, -0.1) is 0 Å². The van der Waals surface area contributed by atoms with Gasteiger partial charge in [-0.25, -0.2) is 9.97 Å². The van der Waals surface area contributed by atoms with E-state index in [2.05, 4.69) is 120 Å². The zero-order valence-electron chi connectivity index (χ0n) is 32.1. The molecule has 1 aromatic carbocycles. The molecule has 0 atom stereocenters. The summed E-state index contributed by atoms with van der Waals surface area (Å²) < 4.78 is 5.39. The van der Waals surface area contributed by atoms with Crippen LogP contribution in [0.4, 0.5) is 0 Å². The Morgan fingerprint density at radius 1 is 0.623 bits per heavy atom. The maximum Gasteiger partial charge on any atom is 0.232 e. The van der Waals surface area contributed by atoms with E-state index in [1.165, 1.54) is 24.0 Å². The van der Waals surface area contributed by atoms with Crippen LogP contribution in [-0.2, 0) is 0 Å². The Bertz CT molecular complexity index is 2060. The van der Waals surface area contributed by atoms with Crippen molar-refractivity contribution < 1.29 is 4.74 Å². The van der Waals surface area contributed by atoms with Gasteiger partial charge in [0.2, 0.25) is 5.88 Å². The minimum Gasteiger partial charge on any atom is -0.477 e. The summed E-state index contributed by atoms with van der Waals surface area (Å²) in [6.45, 7) is 17.6. The largest absolute Gasteiger partial charge is 0.477 e. The monoisotopic (exact) mass is 727 g/mol. The van der Waals surface area contributed by atoms with Gasteiger partial charge in [0.25, 0.3) is 0 Å². The summed E-state index contributed by atoms with van der Waals surface area (Å²) in [5.41, 5.74) is 11.9. The molecule has 0 aliphatic heterocycles. The average molecular weight is 728 g/mol. The molecule has 274 valence electrons. The Morgan fingerprint density at radius 3 is 1.77 bits per heavy atom. The SMILES string of the molecule is CC(C)c1ccc(-c2cncc(C3CC3)n2)cn1.CC(C)c1ccc(-c2cncc(Cl)c2)cn1.CCOc1cncc(-c2ccc(C(C)C)c(C)c2)n1. The second kappa shape index (κ2) is 18.6. The van der Waals surface area contributed by atoms with E-state index in [-0.39, 0.29) is 0 Å². The van der Waals surface area contributed by atoms with Gasteiger partial charge in [0, 0.05) is 70.5 Å². The van der Waals surface area contributed by atoms with Crippen molar-refractivity contribution in [1.29, 1.82) is 0 Å². The summed E-state index contributed by atoms with van der Waals surface area (Å²) in [6, 6.07) is 16.6. The lowest BCUT2D eigenvalue weighted by molar-refractivity contribution is 0.325. The van der Waals surface area contributed by atoms with Gasteiger partial charge in [-0.1, -0.05) is 71.3 Å². The van der Waals surface area contributed by atoms with E-state index >= 15 is 0 Å². The Labute approximate surface area is 319 Å². The molecule has 5 aromatic heterocycles. The highest BCUT2D eigenvalue weighted by molar-refractivity contribution is 6.30. The first-order valence-electron chi connectivity index (χ1n) is 18.4. The summed E-state index contributed by atoms with van der Waals surface area (Å²) in [5, 5.41) is 0.644. The molecule has 1 aliphatic carbocycles. The smallest absolute Gasteiger partial charge is 0.232 e. The molecular weight excluding hydrogens is 678 g/mol. The third-order valence-corrected chi connectivity index (χ3v) is 9.04. The highest BCUT2D eigenvalue weighted by Crippen LogP contribution is 2.39. The molecule has 1 saturated carbocycles. The molecule has 53 heavy (non-hydrogen) atoms. The lowest BCUT2D eigenvalue weighted by Crippen LogP contribution is -1.97. The van der Waals surface area contributed by atoms with Crippen LogP contribution in [0.3, 0.4) is 0 Å². The van der Waals surface area contributed by atoms with Crippen molar-refractivity contribution in [2.45, 2.75) is 91.9 Å². The van der Waals surface area contributed by atoms with Crippen molar-refractivity contribution in [3.63, 3.8) is 0 Å². The number of hydrogen-bond donors (Lipinski definition) is 0. The van der Waals surface area contributed by atoms with Crippen LogP contribution in [0.15, 0.2) is 98.1 Å². The summed E-state index contributed by atoms with van der Waals surface area (Å²) in [4.78, 5) is 30.6. The quantitative estimate of drug-likeness (QED) is 0.145. The fourth-order valence-electron chi connectivity index (χ4n) is 5.67. The molecule has 6 aromatic rings. The molecule has 0 saturated heterocycles. The fourth-order valence-corrected chi connectivity index (χ4v) is 5.84. The Kier molecular flexibility index (Phi) is 13.7. The van der Waals surface area contributed by atoms with Gasteiger partial charge < -0.3 is 4.74 Å². The van der Waals surface area contributed by atoms with Gasteiger partial charge in [0.15, 0.2) is 0 Å². The van der Waals surface area contributed by atoms with Crippen LogP contribution in [-0.4, -0.2) is 41.5 Å². The Hall–Kier alpha value is -5.08. The van der Waals surface area contributed by atoms with Crippen LogP contribution < -0.4 is 4.74 Å². The highest BCUT2D eigenvalue weighted by atomic mass is 35.5. The van der Waals surface area contributed by atoms with Crippen molar-refractivity contribution in [3.8, 4) is 39.5 Å². The second-order valence-corrected chi connectivity index (χ2v) is 14.6. The standard InChI is InChI=1S/C16H20N2O.C15H17N3.C13H13ClN2/c1-5-19-16-10-17-9-15(18-16)13-6-7-14(11(2)3)12(4)8-13;1-10(2)13-6-5-12(7-17-13)15-9-16-8-14(18-15)11-3-4-11;1-9(2)13-4-3-10(7-16-13)11-5-12(14)8-15-6-11/h6-11H,5H2,1-4H3;5-11H,3-4H2,1-2H3;3-9H,1-2H3. The van der Waals surface area contributed by atoms with E-state index < -0.39 is 0 Å². The summed E-state index contributed by atoms with van der Waals surface area (Å²) in [7, 11) is 0. The molecule has 0 bridgehead atoms. The van der Waals surface area contributed by atoms with Crippen molar-refractivity contribution in [1.82, 2.24) is 34.9 Å². The zero-order chi connectivity index (χ0) is 37.9. The second-order valence-electron chi connectivity index (χ2n) is 14.1. The lowest BCUT2D eigenvalue weighted by Gasteiger charge is -2.11. The molecule has 0 N–H and O–H groups in total. The Morgan fingerprint density at radius 2 is 1.23 bits per heavy atom. The number of aromatic nitrogens is 7. The van der Waals surface area contributed by atoms with E-state index in [0.717, 1.165) is 50.7 Å². The van der Waals surface area contributed by atoms with E-state index in [4.69, 9.17) is 16.3 Å². The average Bonchev–Trinajstić information content (AvgIpc) is 4.02. The number of pyridine rings is 3. The van der Waals surface area contributed by atoms with Gasteiger partial charge in [0.1, 0.15) is 0 Å². The number of hydrogen-bond acceptors (Lipinski definition) is 8. The van der Waals surface area contributed by atoms with Gasteiger partial charge in [-0.2, -0.15) is 0 Å². The molecule has 1 fully saturated rings. The zero-order valence-corrected chi connectivity index (χ0v) is 32.8. The minimum atomic E-state index is 0.450. The summed E-state index contributed by atoms with van der Waals surface area (Å²) in [5.74, 6) is 2.66. The van der Waals surface area contributed by atoms with Crippen LogP contribution in [0.2, 0.25) is 5.02 Å². The molecule has 9 heteroatoms. The van der Waals surface area contributed by atoms with Crippen LogP contribution in [0.1, 0.15) is 113 Å². The minimum absolute atomic E-state index is 0.450. The van der Waals surface area contributed by atoms with Gasteiger partial charge in [-0.3, -0.25) is 24.9 Å². The maximum atomic E-state index is 5.89. The van der Waals surface area contributed by atoms with Crippen LogP contribution in [0.25, 0.3) is 33.6 Å². The van der Waals surface area contributed by atoms with Crippen molar-refractivity contribution in [2.24, 2.45) is 0 Å². The maximum absolute atomic E-state index is 5.89. The predicted octanol–water partition coefficient (Wildman–Crippen LogP) is 11.4. The van der Waals surface area contributed by atoms with E-state index in [0.29, 0.717) is 41.2 Å². The molecular formula is C44H50ClN7O. The fraction of sp³-hybridized carbons (Fsp3) is 0.341. The van der Waals surface area contributed by atoms with E-state index in [1.54, 1.807) is 24.8 Å². The number of rotatable bonds is 9. The third kappa shape index (κ3) is 11.2. The van der Waals surface area contributed by atoms with Gasteiger partial charge in [-0.05, 0) is 85.9 Å². The summed E-state index contributed by atoms with van der Waals surface area (Å²) >= 11 is 5.89. The normalized spacial score (nSPS) is 12.2. The van der Waals surface area contributed by atoms with E-state index in [9.17, 15) is 0 Å². The molecule has 0 unspecified atom stereocenters. The number of ether oxygens (including phenoxy) is 1. The number of halogens is 1. The molecule has 0 spiro atoms. The molecule has 8 nitrogen and oxygen atoms in total. The van der Waals surface area contributed by atoms with Crippen LogP contribution in [0, 0.1) is 6.92 Å². The van der Waals surface area contributed by atoms with Gasteiger partial charge in [0.05, 0.1) is 47.3 Å². The van der Waals surface area contributed by atoms with Gasteiger partial charge >= 0.3 is 0 Å². The molecule has 0 radical (unpaired) electrons. The van der Waals surface area contributed by atoms with Crippen LogP contribution >= 0.6 is 11.6 Å². The first-order valence-corrected chi connectivity index (χ1v) is 18.8. The number of nitrogens with zero attached hydrogens (tertiary/aromatic N) is 7. The first kappa shape index (κ1) is 39.1. The first-order chi connectivity index (χ1) is 25.5. The number of benzene rings is 1. The van der Waals surface area contributed by atoms with E-state index in [1.807, 2.05) is 43.8 Å². The van der Waals surface area contributed by atoms with Crippen molar-refractivity contribution >= 4 is 11.6 Å². The molecule has 0 amide bonds. The Balaban J connectivity index is 0.000000154. The van der Waals surface area contributed by atoms with Crippen molar-refractivity contribution in [2.75, 3.05) is 6.61 Å². The summed E-state index contributed by atoms with van der Waals surface area (Å²) in [6.07, 6.45) is 16.8. The number of aryl methyl sites for hydroxylation is 1. The van der Waals surface area contributed by atoms with Crippen molar-refractivity contribution in [3.05, 3.63) is 131 Å². The topological polar surface area (TPSA) is 99.5 Å². The molecule has 5 heterocycles. The lowest BCUT2D eigenvalue weighted by atomic mass is 9.95. The predicted molar refractivity (Wildman–Crippen MR) is 215 cm³/mol. The highest BCUT2D eigenvalue weighted by Gasteiger charge is 2.25.